The number of hydrogen-bond acceptors (Lipinski definition) is 4. The van der Waals surface area contributed by atoms with Gasteiger partial charge >= 0.3 is 6.09 Å². The average molecular weight is 381 g/mol. The fourth-order valence-electron chi connectivity index (χ4n) is 3.23. The summed E-state index contributed by atoms with van der Waals surface area (Å²) in [5, 5.41) is 2.43. The third-order valence-corrected chi connectivity index (χ3v) is 5.01. The van der Waals surface area contributed by atoms with Gasteiger partial charge in [-0.2, -0.15) is 0 Å². The highest BCUT2D eigenvalue weighted by Gasteiger charge is 2.22. The third kappa shape index (κ3) is 5.57. The molecule has 1 fully saturated rings. The van der Waals surface area contributed by atoms with Crippen LogP contribution in [0.15, 0.2) is 54.6 Å². The second-order valence-corrected chi connectivity index (χ2v) is 6.87. The third-order valence-electron chi connectivity index (χ3n) is 5.01. The molecule has 0 unspecified atom stereocenters. The summed E-state index contributed by atoms with van der Waals surface area (Å²) in [6.45, 7) is 3.62. The lowest BCUT2D eigenvalue weighted by molar-refractivity contribution is -0.123. The second-order valence-electron chi connectivity index (χ2n) is 6.87. The van der Waals surface area contributed by atoms with E-state index in [-0.39, 0.29) is 12.5 Å². The topological polar surface area (TPSA) is 61.9 Å². The number of benzene rings is 2. The van der Waals surface area contributed by atoms with Gasteiger partial charge in [-0.1, -0.05) is 54.6 Å². The van der Waals surface area contributed by atoms with Crippen molar-refractivity contribution in [3.8, 4) is 11.1 Å². The van der Waals surface area contributed by atoms with Gasteiger partial charge in [0.15, 0.2) is 6.61 Å². The summed E-state index contributed by atoms with van der Waals surface area (Å²) >= 11 is 0. The van der Waals surface area contributed by atoms with Gasteiger partial charge in [0.2, 0.25) is 0 Å². The first kappa shape index (κ1) is 19.9. The monoisotopic (exact) mass is 381 g/mol. The maximum absolute atomic E-state index is 12.0. The average Bonchev–Trinajstić information content (AvgIpc) is 2.77. The summed E-state index contributed by atoms with van der Waals surface area (Å²) in [7, 11) is 1.52. The summed E-state index contributed by atoms with van der Waals surface area (Å²) in [6.07, 6.45) is 0.565. The lowest BCUT2D eigenvalue weighted by Gasteiger charge is -2.34. The Bertz CT molecular complexity index is 769. The molecule has 0 aromatic heterocycles. The molecule has 0 aliphatic carbocycles. The van der Waals surface area contributed by atoms with Crippen molar-refractivity contribution in [2.24, 2.45) is 0 Å². The summed E-state index contributed by atoms with van der Waals surface area (Å²) in [4.78, 5) is 27.1. The second kappa shape index (κ2) is 9.90. The van der Waals surface area contributed by atoms with Crippen molar-refractivity contribution in [1.82, 2.24) is 15.1 Å². The Balaban J connectivity index is 1.40. The Morgan fingerprint density at radius 2 is 1.57 bits per heavy atom. The molecule has 3 rings (SSSR count). The van der Waals surface area contributed by atoms with Crippen molar-refractivity contribution in [2.75, 3.05) is 46.4 Å². The lowest BCUT2D eigenvalue weighted by Crippen LogP contribution is -2.49. The molecular weight excluding hydrogens is 354 g/mol. The predicted molar refractivity (Wildman–Crippen MR) is 109 cm³/mol. The molecule has 2 aromatic rings. The van der Waals surface area contributed by atoms with Gasteiger partial charge in [0, 0.05) is 39.8 Å². The molecule has 0 bridgehead atoms. The van der Waals surface area contributed by atoms with Crippen molar-refractivity contribution in [2.45, 2.75) is 6.42 Å². The molecule has 0 radical (unpaired) electrons. The summed E-state index contributed by atoms with van der Waals surface area (Å²) in [5.41, 5.74) is 3.77. The first-order valence-corrected chi connectivity index (χ1v) is 9.64. The zero-order valence-electron chi connectivity index (χ0n) is 16.3. The smallest absolute Gasteiger partial charge is 0.410 e. The lowest BCUT2D eigenvalue weighted by atomic mass is 10.0. The van der Waals surface area contributed by atoms with E-state index in [0.29, 0.717) is 13.1 Å². The van der Waals surface area contributed by atoms with Crippen LogP contribution in [0.5, 0.6) is 0 Å². The van der Waals surface area contributed by atoms with Gasteiger partial charge in [0.05, 0.1) is 0 Å². The quantitative estimate of drug-likeness (QED) is 0.835. The molecule has 6 heteroatoms. The van der Waals surface area contributed by atoms with Crippen LogP contribution in [0.25, 0.3) is 11.1 Å². The number of piperazine rings is 1. The van der Waals surface area contributed by atoms with Gasteiger partial charge in [0.1, 0.15) is 0 Å². The van der Waals surface area contributed by atoms with E-state index in [1.165, 1.54) is 23.7 Å². The molecule has 2 aromatic carbocycles. The Morgan fingerprint density at radius 1 is 0.929 bits per heavy atom. The first-order valence-electron chi connectivity index (χ1n) is 9.64. The molecule has 1 aliphatic heterocycles. The number of hydrogen-bond donors (Lipinski definition) is 1. The number of nitrogens with zero attached hydrogens (tertiary/aromatic N) is 2. The molecule has 0 spiro atoms. The minimum absolute atomic E-state index is 0.228. The van der Waals surface area contributed by atoms with Crippen LogP contribution in [0, 0.1) is 0 Å². The maximum Gasteiger partial charge on any atom is 0.410 e. The predicted octanol–water partition coefficient (Wildman–Crippen LogP) is 2.40. The molecule has 6 nitrogen and oxygen atoms in total. The van der Waals surface area contributed by atoms with Gasteiger partial charge in [-0.25, -0.2) is 4.79 Å². The van der Waals surface area contributed by atoms with Crippen LogP contribution in [0.2, 0.25) is 0 Å². The van der Waals surface area contributed by atoms with Crippen LogP contribution < -0.4 is 5.32 Å². The van der Waals surface area contributed by atoms with E-state index in [4.69, 9.17) is 4.74 Å². The van der Waals surface area contributed by atoms with Crippen LogP contribution in [0.4, 0.5) is 4.79 Å². The Morgan fingerprint density at radius 3 is 2.21 bits per heavy atom. The zero-order valence-corrected chi connectivity index (χ0v) is 16.3. The van der Waals surface area contributed by atoms with Gasteiger partial charge < -0.3 is 15.0 Å². The Hall–Kier alpha value is -2.86. The van der Waals surface area contributed by atoms with Crippen LogP contribution >= 0.6 is 0 Å². The van der Waals surface area contributed by atoms with Crippen molar-refractivity contribution in [1.29, 1.82) is 0 Å². The van der Waals surface area contributed by atoms with Crippen LogP contribution in [-0.4, -0.2) is 68.2 Å². The standard InChI is InChI=1S/C22H27N3O3/c1-23-21(26)17-28-22(27)25-15-13-24(14-16-25)12-11-18-7-9-20(10-8-18)19-5-3-2-4-6-19/h2-10H,11-17H2,1H3,(H,23,26). The fourth-order valence-corrected chi connectivity index (χ4v) is 3.23. The summed E-state index contributed by atoms with van der Waals surface area (Å²) in [5.74, 6) is -0.301. The molecule has 0 atom stereocenters. The minimum Gasteiger partial charge on any atom is -0.439 e. The Kier molecular flexibility index (Phi) is 7.03. The number of nitrogens with one attached hydrogen (secondary N) is 1. The van der Waals surface area contributed by atoms with Crippen LogP contribution in [0.1, 0.15) is 5.56 Å². The van der Waals surface area contributed by atoms with Gasteiger partial charge in [-0.3, -0.25) is 9.69 Å². The highest BCUT2D eigenvalue weighted by atomic mass is 16.6. The maximum atomic E-state index is 12.0. The number of carbonyl (C=O) groups excluding carboxylic acids is 2. The van der Waals surface area contributed by atoms with E-state index in [0.717, 1.165) is 26.1 Å². The van der Waals surface area contributed by atoms with Gasteiger partial charge in [-0.15, -0.1) is 0 Å². The highest BCUT2D eigenvalue weighted by Crippen LogP contribution is 2.19. The van der Waals surface area contributed by atoms with Gasteiger partial charge in [-0.05, 0) is 23.1 Å². The van der Waals surface area contributed by atoms with Crippen LogP contribution in [0.3, 0.4) is 0 Å². The molecule has 1 N–H and O–H groups in total. The largest absolute Gasteiger partial charge is 0.439 e. The first-order chi connectivity index (χ1) is 13.7. The fraction of sp³-hybridized carbons (Fsp3) is 0.364. The number of amides is 2. The molecule has 1 saturated heterocycles. The molecule has 0 saturated carbocycles. The Labute approximate surface area is 166 Å². The number of ether oxygens (including phenoxy) is 1. The summed E-state index contributed by atoms with van der Waals surface area (Å²) in [6, 6.07) is 19.1. The molecule has 148 valence electrons. The minimum atomic E-state index is -0.417. The van der Waals surface area contributed by atoms with E-state index in [2.05, 4.69) is 58.7 Å². The molecule has 2 amide bonds. The van der Waals surface area contributed by atoms with E-state index < -0.39 is 6.09 Å². The van der Waals surface area contributed by atoms with Crippen molar-refractivity contribution >= 4 is 12.0 Å². The van der Waals surface area contributed by atoms with E-state index in [1.54, 1.807) is 4.90 Å². The number of carbonyl (C=O) groups is 2. The molecular formula is C22H27N3O3. The van der Waals surface area contributed by atoms with E-state index >= 15 is 0 Å². The van der Waals surface area contributed by atoms with E-state index in [9.17, 15) is 9.59 Å². The normalized spacial score (nSPS) is 14.5. The van der Waals surface area contributed by atoms with Gasteiger partial charge in [0.25, 0.3) is 5.91 Å². The molecule has 1 aliphatic rings. The van der Waals surface area contributed by atoms with Crippen LogP contribution in [-0.2, 0) is 16.0 Å². The van der Waals surface area contributed by atoms with Crippen molar-refractivity contribution in [3.05, 3.63) is 60.2 Å². The zero-order chi connectivity index (χ0) is 19.8. The molecule has 28 heavy (non-hydrogen) atoms. The summed E-state index contributed by atoms with van der Waals surface area (Å²) < 4.78 is 5.00. The van der Waals surface area contributed by atoms with E-state index in [1.807, 2.05) is 6.07 Å². The van der Waals surface area contributed by atoms with Crippen molar-refractivity contribution < 1.29 is 14.3 Å². The van der Waals surface area contributed by atoms with Crippen molar-refractivity contribution in [3.63, 3.8) is 0 Å². The number of rotatable bonds is 6. The highest BCUT2D eigenvalue weighted by molar-refractivity contribution is 5.79. The molecule has 1 heterocycles. The number of likely N-dealkylation sites (N-methyl/N-ethyl adjacent to an activating group) is 1. The SMILES string of the molecule is CNC(=O)COC(=O)N1CCN(CCc2ccc(-c3ccccc3)cc2)CC1.